The van der Waals surface area contributed by atoms with Gasteiger partial charge in [-0.3, -0.25) is 4.79 Å². The minimum absolute atomic E-state index is 0.0404. The number of carbonyl (C=O) groups excluding carboxylic acids is 3. The van der Waals surface area contributed by atoms with Crippen LogP contribution in [0.15, 0.2) is 18.2 Å². The van der Waals surface area contributed by atoms with Crippen LogP contribution in [0, 0.1) is 19.7 Å². The van der Waals surface area contributed by atoms with Gasteiger partial charge in [-0.2, -0.15) is 0 Å². The van der Waals surface area contributed by atoms with Crippen LogP contribution in [0.4, 0.5) is 10.1 Å². The van der Waals surface area contributed by atoms with E-state index in [1.54, 1.807) is 27.7 Å². The summed E-state index contributed by atoms with van der Waals surface area (Å²) in [5.41, 5.74) is 1.00. The van der Waals surface area contributed by atoms with E-state index in [2.05, 4.69) is 10.3 Å². The van der Waals surface area contributed by atoms with Crippen molar-refractivity contribution in [2.75, 3.05) is 11.9 Å². The molecule has 0 aliphatic heterocycles. The van der Waals surface area contributed by atoms with Crippen LogP contribution in [0.1, 0.15) is 46.0 Å². The number of benzene rings is 1. The normalized spacial score (nSPS) is 10.7. The summed E-state index contributed by atoms with van der Waals surface area (Å²) in [7, 11) is 0. The van der Waals surface area contributed by atoms with Crippen molar-refractivity contribution < 1.29 is 28.2 Å². The zero-order valence-corrected chi connectivity index (χ0v) is 16.6. The first-order valence-electron chi connectivity index (χ1n) is 8.42. The van der Waals surface area contributed by atoms with Crippen LogP contribution >= 0.6 is 11.6 Å². The summed E-state index contributed by atoms with van der Waals surface area (Å²) in [5.74, 6) is -2.82. The Morgan fingerprint density at radius 2 is 1.89 bits per heavy atom. The van der Waals surface area contributed by atoms with Gasteiger partial charge in [0.05, 0.1) is 17.4 Å². The van der Waals surface area contributed by atoms with Crippen molar-refractivity contribution in [3.8, 4) is 0 Å². The quantitative estimate of drug-likeness (QED) is 0.706. The maximum atomic E-state index is 13.7. The summed E-state index contributed by atoms with van der Waals surface area (Å²) in [5, 5.41) is 2.47. The molecular formula is C19H20ClFN2O5. The third-order valence-electron chi connectivity index (χ3n) is 3.73. The number of hydrogen-bond acceptors (Lipinski definition) is 5. The number of H-pyrrole nitrogens is 1. The van der Waals surface area contributed by atoms with Gasteiger partial charge in [0, 0.05) is 10.7 Å². The molecule has 0 aliphatic carbocycles. The van der Waals surface area contributed by atoms with Crippen LogP contribution in [0.2, 0.25) is 5.02 Å². The molecule has 1 heterocycles. The summed E-state index contributed by atoms with van der Waals surface area (Å²) < 4.78 is 23.8. The number of amides is 1. The summed E-state index contributed by atoms with van der Waals surface area (Å²) >= 11 is 5.65. The van der Waals surface area contributed by atoms with Crippen LogP contribution in [-0.4, -0.2) is 35.5 Å². The molecule has 7 nitrogen and oxygen atoms in total. The first kappa shape index (κ1) is 21.4. The number of ether oxygens (including phenoxy) is 2. The number of aromatic amines is 1. The van der Waals surface area contributed by atoms with E-state index in [1.165, 1.54) is 12.1 Å². The Hall–Kier alpha value is -2.87. The minimum atomic E-state index is -0.823. The van der Waals surface area contributed by atoms with E-state index in [-0.39, 0.29) is 28.1 Å². The highest BCUT2D eigenvalue weighted by Crippen LogP contribution is 2.21. The molecule has 0 spiro atoms. The van der Waals surface area contributed by atoms with Crippen molar-refractivity contribution >= 4 is 35.1 Å². The van der Waals surface area contributed by atoms with Gasteiger partial charge in [-0.25, -0.2) is 14.0 Å². The van der Waals surface area contributed by atoms with E-state index in [0.717, 1.165) is 6.07 Å². The van der Waals surface area contributed by atoms with Crippen LogP contribution < -0.4 is 5.32 Å². The first-order chi connectivity index (χ1) is 13.1. The second kappa shape index (κ2) is 8.88. The fourth-order valence-corrected chi connectivity index (χ4v) is 2.67. The molecule has 0 saturated heterocycles. The number of hydrogen-bond donors (Lipinski definition) is 2. The molecule has 2 N–H and O–H groups in total. The number of carbonyl (C=O) groups is 3. The van der Waals surface area contributed by atoms with Crippen molar-refractivity contribution in [3.05, 3.63) is 51.6 Å². The van der Waals surface area contributed by atoms with Gasteiger partial charge in [-0.15, -0.1) is 0 Å². The average molecular weight is 411 g/mol. The fourth-order valence-electron chi connectivity index (χ4n) is 2.51. The third kappa shape index (κ3) is 5.10. The Bertz CT molecular complexity index is 923. The highest BCUT2D eigenvalue weighted by molar-refractivity contribution is 6.30. The Morgan fingerprint density at radius 1 is 1.21 bits per heavy atom. The Labute approximate surface area is 166 Å². The van der Waals surface area contributed by atoms with E-state index in [4.69, 9.17) is 21.1 Å². The predicted molar refractivity (Wildman–Crippen MR) is 101 cm³/mol. The largest absolute Gasteiger partial charge is 0.459 e. The smallest absolute Gasteiger partial charge is 0.355 e. The first-order valence-corrected chi connectivity index (χ1v) is 8.80. The fraction of sp³-hybridized carbons (Fsp3) is 0.316. The lowest BCUT2D eigenvalue weighted by atomic mass is 10.1. The molecule has 1 aromatic heterocycles. The standard InChI is InChI=1S/C19H20ClFN2O5/c1-9(2)28-18(25)16-10(3)17(22-11(16)4)19(26)27-8-15(24)23-14-6-5-12(20)7-13(14)21/h5-7,9,22H,8H2,1-4H3,(H,23,24). The van der Waals surface area contributed by atoms with Gasteiger partial charge in [0.1, 0.15) is 11.5 Å². The zero-order chi connectivity index (χ0) is 21.0. The molecule has 0 bridgehead atoms. The van der Waals surface area contributed by atoms with E-state index in [1.807, 2.05) is 0 Å². The molecule has 0 aliphatic rings. The van der Waals surface area contributed by atoms with Crippen LogP contribution in [0.25, 0.3) is 0 Å². The van der Waals surface area contributed by atoms with Crippen molar-refractivity contribution in [2.45, 2.75) is 33.8 Å². The molecule has 0 unspecified atom stereocenters. The molecular weight excluding hydrogens is 391 g/mol. The second-order valence-corrected chi connectivity index (χ2v) is 6.76. The molecule has 150 valence electrons. The van der Waals surface area contributed by atoms with Gasteiger partial charge in [-0.05, 0) is 51.5 Å². The van der Waals surface area contributed by atoms with Crippen molar-refractivity contribution in [1.29, 1.82) is 0 Å². The highest BCUT2D eigenvalue weighted by Gasteiger charge is 2.25. The number of aryl methyl sites for hydroxylation is 1. The molecule has 1 aromatic carbocycles. The predicted octanol–water partition coefficient (Wildman–Crippen LogP) is 3.78. The van der Waals surface area contributed by atoms with Crippen molar-refractivity contribution in [2.24, 2.45) is 0 Å². The summed E-state index contributed by atoms with van der Waals surface area (Å²) in [6, 6.07) is 3.75. The summed E-state index contributed by atoms with van der Waals surface area (Å²) in [6.45, 7) is 5.99. The molecule has 2 aromatic rings. The Kier molecular flexibility index (Phi) is 6.80. The number of halogens is 2. The monoisotopic (exact) mass is 410 g/mol. The SMILES string of the molecule is Cc1[nH]c(C(=O)OCC(=O)Nc2ccc(Cl)cc2F)c(C)c1C(=O)OC(C)C. The maximum Gasteiger partial charge on any atom is 0.355 e. The third-order valence-corrected chi connectivity index (χ3v) is 3.96. The van der Waals surface area contributed by atoms with Gasteiger partial charge in [0.15, 0.2) is 6.61 Å². The minimum Gasteiger partial charge on any atom is -0.459 e. The molecule has 9 heteroatoms. The maximum absolute atomic E-state index is 13.7. The topological polar surface area (TPSA) is 97.5 Å². The molecule has 28 heavy (non-hydrogen) atoms. The molecule has 2 rings (SSSR count). The van der Waals surface area contributed by atoms with Gasteiger partial charge < -0.3 is 19.8 Å². The number of nitrogens with one attached hydrogen (secondary N) is 2. The van der Waals surface area contributed by atoms with Crippen molar-refractivity contribution in [3.63, 3.8) is 0 Å². The van der Waals surface area contributed by atoms with Gasteiger partial charge in [-0.1, -0.05) is 11.6 Å². The average Bonchev–Trinajstić information content (AvgIpc) is 2.89. The van der Waals surface area contributed by atoms with E-state index < -0.39 is 30.3 Å². The summed E-state index contributed by atoms with van der Waals surface area (Å²) in [4.78, 5) is 39.1. The van der Waals surface area contributed by atoms with Crippen LogP contribution in [-0.2, 0) is 14.3 Å². The second-order valence-electron chi connectivity index (χ2n) is 6.33. The molecule has 0 radical (unpaired) electrons. The lowest BCUT2D eigenvalue weighted by molar-refractivity contribution is -0.119. The van der Waals surface area contributed by atoms with Crippen LogP contribution in [0.3, 0.4) is 0 Å². The number of aromatic nitrogens is 1. The lowest BCUT2D eigenvalue weighted by Gasteiger charge is -2.09. The Morgan fingerprint density at radius 3 is 2.50 bits per heavy atom. The zero-order valence-electron chi connectivity index (χ0n) is 15.8. The molecule has 1 amide bonds. The van der Waals surface area contributed by atoms with Gasteiger partial charge in [0.2, 0.25) is 0 Å². The van der Waals surface area contributed by atoms with Gasteiger partial charge in [0.25, 0.3) is 5.91 Å². The number of esters is 2. The van der Waals surface area contributed by atoms with E-state index >= 15 is 0 Å². The molecule has 0 saturated carbocycles. The highest BCUT2D eigenvalue weighted by atomic mass is 35.5. The Balaban J connectivity index is 2.03. The van der Waals surface area contributed by atoms with Gasteiger partial charge >= 0.3 is 11.9 Å². The molecule has 0 fully saturated rings. The van der Waals surface area contributed by atoms with E-state index in [0.29, 0.717) is 11.3 Å². The molecule has 0 atom stereocenters. The van der Waals surface area contributed by atoms with E-state index in [9.17, 15) is 18.8 Å². The summed E-state index contributed by atoms with van der Waals surface area (Å²) in [6.07, 6.45) is -0.312. The van der Waals surface area contributed by atoms with Crippen LogP contribution in [0.5, 0.6) is 0 Å². The van der Waals surface area contributed by atoms with Crippen molar-refractivity contribution in [1.82, 2.24) is 4.98 Å². The number of anilines is 1. The number of rotatable bonds is 6. The lowest BCUT2D eigenvalue weighted by Crippen LogP contribution is -2.22.